The summed E-state index contributed by atoms with van der Waals surface area (Å²) in [5, 5.41) is 12.3. The van der Waals surface area contributed by atoms with Crippen LogP contribution in [0.4, 0.5) is 0 Å². The van der Waals surface area contributed by atoms with Gasteiger partial charge in [0.15, 0.2) is 0 Å². The van der Waals surface area contributed by atoms with Gasteiger partial charge in [0.25, 0.3) is 0 Å². The fourth-order valence-corrected chi connectivity index (χ4v) is 1.68. The summed E-state index contributed by atoms with van der Waals surface area (Å²) in [6.07, 6.45) is 2.37. The topological polar surface area (TPSA) is 50.7 Å². The summed E-state index contributed by atoms with van der Waals surface area (Å²) in [7, 11) is 1.65. The predicted molar refractivity (Wildman–Crippen MR) is 54.3 cm³/mol. The van der Waals surface area contributed by atoms with Gasteiger partial charge in [0.05, 0.1) is 25.9 Å². The van der Waals surface area contributed by atoms with Crippen LogP contribution in [0.25, 0.3) is 0 Å². The van der Waals surface area contributed by atoms with Crippen molar-refractivity contribution in [1.29, 1.82) is 0 Å². The Labute approximate surface area is 85.6 Å². The molecular formula is C10H21NO3. The number of ether oxygens (including phenoxy) is 2. The Hall–Kier alpha value is -0.160. The number of rotatable bonds is 6. The first-order chi connectivity index (χ1) is 6.86. The van der Waals surface area contributed by atoms with E-state index in [1.807, 2.05) is 0 Å². The number of hydrogen-bond donors (Lipinski definition) is 2. The molecule has 0 aromatic rings. The summed E-state index contributed by atoms with van der Waals surface area (Å²) < 4.78 is 10.4. The van der Waals surface area contributed by atoms with E-state index in [0.29, 0.717) is 12.5 Å². The maximum Gasteiger partial charge on any atom is 0.0638 e. The molecule has 0 saturated carbocycles. The summed E-state index contributed by atoms with van der Waals surface area (Å²) in [4.78, 5) is 0. The smallest absolute Gasteiger partial charge is 0.0638 e. The Kier molecular flexibility index (Phi) is 6.10. The molecule has 1 aliphatic heterocycles. The highest BCUT2D eigenvalue weighted by Gasteiger charge is 2.15. The van der Waals surface area contributed by atoms with Crippen molar-refractivity contribution in [2.75, 3.05) is 40.1 Å². The minimum Gasteiger partial charge on any atom is -0.395 e. The van der Waals surface area contributed by atoms with Crippen molar-refractivity contribution in [2.45, 2.75) is 18.9 Å². The average molecular weight is 203 g/mol. The summed E-state index contributed by atoms with van der Waals surface area (Å²) in [5.74, 6) is 0.592. The van der Waals surface area contributed by atoms with Gasteiger partial charge in [-0.3, -0.25) is 0 Å². The number of aliphatic hydroxyl groups excluding tert-OH is 1. The second-order valence-corrected chi connectivity index (χ2v) is 3.83. The van der Waals surface area contributed by atoms with Gasteiger partial charge in [0.1, 0.15) is 0 Å². The van der Waals surface area contributed by atoms with Gasteiger partial charge in [-0.1, -0.05) is 0 Å². The Morgan fingerprint density at radius 2 is 2.50 bits per heavy atom. The van der Waals surface area contributed by atoms with E-state index in [-0.39, 0.29) is 12.6 Å². The second-order valence-electron chi connectivity index (χ2n) is 3.83. The average Bonchev–Trinajstić information content (AvgIpc) is 2.25. The van der Waals surface area contributed by atoms with E-state index in [1.54, 1.807) is 7.11 Å². The van der Waals surface area contributed by atoms with E-state index < -0.39 is 0 Å². The van der Waals surface area contributed by atoms with Crippen LogP contribution in [0.1, 0.15) is 12.8 Å². The molecule has 1 saturated heterocycles. The first-order valence-electron chi connectivity index (χ1n) is 5.27. The Balaban J connectivity index is 2.10. The van der Waals surface area contributed by atoms with Gasteiger partial charge in [-0.05, 0) is 18.8 Å². The van der Waals surface area contributed by atoms with Gasteiger partial charge in [-0.2, -0.15) is 0 Å². The lowest BCUT2D eigenvalue weighted by Crippen LogP contribution is -2.40. The van der Waals surface area contributed by atoms with Crippen LogP contribution in [0.2, 0.25) is 0 Å². The monoisotopic (exact) mass is 203 g/mol. The number of aliphatic hydroxyl groups is 1. The molecular weight excluding hydrogens is 182 g/mol. The lowest BCUT2D eigenvalue weighted by Gasteiger charge is -2.24. The lowest BCUT2D eigenvalue weighted by atomic mass is 10.0. The van der Waals surface area contributed by atoms with Crippen LogP contribution in [0.3, 0.4) is 0 Å². The van der Waals surface area contributed by atoms with Crippen molar-refractivity contribution in [3.8, 4) is 0 Å². The van der Waals surface area contributed by atoms with Crippen LogP contribution in [-0.4, -0.2) is 51.2 Å². The Morgan fingerprint density at radius 1 is 1.64 bits per heavy atom. The molecule has 0 spiro atoms. The highest BCUT2D eigenvalue weighted by molar-refractivity contribution is 4.70. The maximum atomic E-state index is 9.01. The fourth-order valence-electron chi connectivity index (χ4n) is 1.68. The second kappa shape index (κ2) is 7.17. The van der Waals surface area contributed by atoms with Gasteiger partial charge in [-0.25, -0.2) is 0 Å². The van der Waals surface area contributed by atoms with Crippen LogP contribution in [-0.2, 0) is 9.47 Å². The molecule has 0 amide bonds. The van der Waals surface area contributed by atoms with Crippen molar-refractivity contribution in [1.82, 2.24) is 5.32 Å². The summed E-state index contributed by atoms with van der Waals surface area (Å²) in [5.41, 5.74) is 0. The minimum atomic E-state index is 0.0573. The van der Waals surface area contributed by atoms with Gasteiger partial charge in [0, 0.05) is 20.3 Å². The van der Waals surface area contributed by atoms with Crippen LogP contribution in [0, 0.1) is 5.92 Å². The van der Waals surface area contributed by atoms with E-state index >= 15 is 0 Å². The molecule has 0 aromatic carbocycles. The molecule has 1 fully saturated rings. The summed E-state index contributed by atoms with van der Waals surface area (Å²) >= 11 is 0. The first-order valence-corrected chi connectivity index (χ1v) is 5.27. The van der Waals surface area contributed by atoms with Crippen LogP contribution in [0.15, 0.2) is 0 Å². The zero-order chi connectivity index (χ0) is 10.2. The van der Waals surface area contributed by atoms with E-state index in [9.17, 15) is 0 Å². The standard InChI is InChI=1S/C10H21NO3/c1-13-8-10(6-12)11-5-9-3-2-4-14-7-9/h9-12H,2-8H2,1H3. The Morgan fingerprint density at radius 3 is 3.07 bits per heavy atom. The van der Waals surface area contributed by atoms with E-state index in [4.69, 9.17) is 14.6 Å². The van der Waals surface area contributed by atoms with E-state index in [0.717, 1.165) is 26.2 Å². The zero-order valence-electron chi connectivity index (χ0n) is 8.87. The highest BCUT2D eigenvalue weighted by Crippen LogP contribution is 2.12. The number of hydrogen-bond acceptors (Lipinski definition) is 4. The first kappa shape index (κ1) is 11.9. The SMILES string of the molecule is COCC(CO)NCC1CCCOC1. The molecule has 4 heteroatoms. The third kappa shape index (κ3) is 4.37. The molecule has 0 aliphatic carbocycles. The van der Waals surface area contributed by atoms with Crippen molar-refractivity contribution in [2.24, 2.45) is 5.92 Å². The quantitative estimate of drug-likeness (QED) is 0.638. The minimum absolute atomic E-state index is 0.0573. The van der Waals surface area contributed by atoms with Crippen molar-refractivity contribution in [3.63, 3.8) is 0 Å². The maximum absolute atomic E-state index is 9.01. The molecule has 2 N–H and O–H groups in total. The van der Waals surface area contributed by atoms with Gasteiger partial charge in [0.2, 0.25) is 0 Å². The Bertz CT molecular complexity index is 133. The number of nitrogens with one attached hydrogen (secondary N) is 1. The molecule has 14 heavy (non-hydrogen) atoms. The van der Waals surface area contributed by atoms with E-state index in [1.165, 1.54) is 6.42 Å². The van der Waals surface area contributed by atoms with Crippen LogP contribution < -0.4 is 5.32 Å². The molecule has 0 radical (unpaired) electrons. The van der Waals surface area contributed by atoms with Gasteiger partial charge in [-0.15, -0.1) is 0 Å². The van der Waals surface area contributed by atoms with Crippen LogP contribution in [0.5, 0.6) is 0 Å². The largest absolute Gasteiger partial charge is 0.395 e. The van der Waals surface area contributed by atoms with Crippen molar-refractivity contribution in [3.05, 3.63) is 0 Å². The third-order valence-electron chi connectivity index (χ3n) is 2.54. The molecule has 1 aliphatic rings. The molecule has 0 aromatic heterocycles. The van der Waals surface area contributed by atoms with E-state index in [2.05, 4.69) is 5.32 Å². The normalized spacial score (nSPS) is 24.9. The highest BCUT2D eigenvalue weighted by atomic mass is 16.5. The zero-order valence-corrected chi connectivity index (χ0v) is 8.87. The van der Waals surface area contributed by atoms with Crippen molar-refractivity contribution < 1.29 is 14.6 Å². The fraction of sp³-hybridized carbons (Fsp3) is 1.00. The molecule has 0 bridgehead atoms. The molecule has 2 unspecified atom stereocenters. The van der Waals surface area contributed by atoms with Crippen LogP contribution >= 0.6 is 0 Å². The molecule has 1 rings (SSSR count). The van der Waals surface area contributed by atoms with Gasteiger partial charge < -0.3 is 19.9 Å². The van der Waals surface area contributed by atoms with Crippen molar-refractivity contribution >= 4 is 0 Å². The number of methoxy groups -OCH3 is 1. The van der Waals surface area contributed by atoms with Gasteiger partial charge >= 0.3 is 0 Å². The molecule has 2 atom stereocenters. The molecule has 1 heterocycles. The summed E-state index contributed by atoms with van der Waals surface area (Å²) in [6, 6.07) is 0.0573. The summed E-state index contributed by atoms with van der Waals surface area (Å²) in [6.45, 7) is 3.34. The predicted octanol–water partition coefficient (Wildman–Crippen LogP) is 0.00990. The lowest BCUT2D eigenvalue weighted by molar-refractivity contribution is 0.0497. The third-order valence-corrected chi connectivity index (χ3v) is 2.54. The molecule has 4 nitrogen and oxygen atoms in total. The molecule has 84 valence electrons.